The molecule has 0 unspecified atom stereocenters. The third-order valence-corrected chi connectivity index (χ3v) is 5.38. The number of hydrogen-bond acceptors (Lipinski definition) is 6. The lowest BCUT2D eigenvalue weighted by Gasteiger charge is -2.29. The monoisotopic (exact) mass is 394 g/mol. The first-order valence-electron chi connectivity index (χ1n) is 9.21. The lowest BCUT2D eigenvalue weighted by atomic mass is 9.83. The minimum atomic E-state index is -0.722. The van der Waals surface area contributed by atoms with E-state index < -0.39 is 16.4 Å². The van der Waals surface area contributed by atoms with Crippen LogP contribution in [0.15, 0.2) is 40.1 Å². The number of ether oxygens (including phenoxy) is 1. The highest BCUT2D eigenvalue weighted by atomic mass is 16.5. The highest BCUT2D eigenvalue weighted by molar-refractivity contribution is 6.01. The zero-order valence-electron chi connectivity index (χ0n) is 16.7. The quantitative estimate of drug-likeness (QED) is 0.331. The Bertz CT molecular complexity index is 1290. The predicted octanol–water partition coefficient (Wildman–Crippen LogP) is 4.71. The Labute approximate surface area is 167 Å². The van der Waals surface area contributed by atoms with Crippen molar-refractivity contribution in [2.45, 2.75) is 38.7 Å². The molecule has 0 aliphatic carbocycles. The van der Waals surface area contributed by atoms with Crippen molar-refractivity contribution in [2.75, 3.05) is 0 Å². The number of fused-ring (bicyclic) bond motifs is 3. The third kappa shape index (κ3) is 2.59. The van der Waals surface area contributed by atoms with Crippen molar-refractivity contribution in [1.29, 1.82) is 0 Å². The van der Waals surface area contributed by atoms with Crippen LogP contribution in [-0.2, 0) is 5.41 Å². The maximum Gasteiger partial charge on any atom is 0.204 e. The molecule has 1 aromatic heterocycles. The zero-order chi connectivity index (χ0) is 21.3. The Kier molecular flexibility index (Phi) is 3.78. The van der Waals surface area contributed by atoms with Gasteiger partial charge in [0.1, 0.15) is 28.1 Å². The first-order valence-corrected chi connectivity index (χ1v) is 9.21. The fourth-order valence-electron chi connectivity index (χ4n) is 3.67. The van der Waals surface area contributed by atoms with E-state index in [0.29, 0.717) is 5.56 Å². The first kappa shape index (κ1) is 18.9. The lowest BCUT2D eigenvalue weighted by molar-refractivity contribution is 0.152. The van der Waals surface area contributed by atoms with Crippen LogP contribution >= 0.6 is 0 Å². The topological polar surface area (TPSA) is 100 Å². The van der Waals surface area contributed by atoms with Gasteiger partial charge in [0.2, 0.25) is 11.2 Å². The molecule has 0 spiro atoms. The van der Waals surface area contributed by atoms with E-state index in [-0.39, 0.29) is 50.5 Å². The molecule has 0 saturated carbocycles. The number of hydrogen-bond donors (Lipinski definition) is 3. The van der Waals surface area contributed by atoms with E-state index in [1.165, 1.54) is 12.1 Å². The number of allylic oxidation sites excluding steroid dienone is 1. The van der Waals surface area contributed by atoms with Gasteiger partial charge in [0.15, 0.2) is 11.3 Å². The summed E-state index contributed by atoms with van der Waals surface area (Å²) in [4.78, 5) is 13.2. The first-order chi connectivity index (χ1) is 13.5. The van der Waals surface area contributed by atoms with Gasteiger partial charge in [-0.25, -0.2) is 0 Å². The lowest BCUT2D eigenvalue weighted by Crippen LogP contribution is -2.27. The molecule has 6 nitrogen and oxygen atoms in total. The van der Waals surface area contributed by atoms with Crippen molar-refractivity contribution >= 4 is 28.0 Å². The molecular formula is C23H22O6. The van der Waals surface area contributed by atoms with Gasteiger partial charge in [0, 0.05) is 11.0 Å². The second kappa shape index (κ2) is 5.80. The average molecular weight is 394 g/mol. The number of benzene rings is 2. The van der Waals surface area contributed by atoms with Crippen LogP contribution in [-0.4, -0.2) is 20.9 Å². The van der Waals surface area contributed by atoms with Gasteiger partial charge in [-0.05, 0) is 38.1 Å². The van der Waals surface area contributed by atoms with Gasteiger partial charge in [0.05, 0.1) is 10.9 Å². The summed E-state index contributed by atoms with van der Waals surface area (Å²) in [5, 5.41) is 32.2. The number of rotatable bonds is 2. The second-order valence-electron chi connectivity index (χ2n) is 8.38. The predicted molar refractivity (Wildman–Crippen MR) is 112 cm³/mol. The van der Waals surface area contributed by atoms with Crippen LogP contribution in [0.4, 0.5) is 0 Å². The van der Waals surface area contributed by atoms with E-state index in [0.717, 1.165) is 0 Å². The SMILES string of the molecule is C=CC(C)(C)c1c(O)ccc2c(=O)c3c(O)c4c(c(O)c3oc12)OC(C)(C)C=C4. The molecule has 0 saturated heterocycles. The number of aromatic hydroxyl groups is 3. The summed E-state index contributed by atoms with van der Waals surface area (Å²) >= 11 is 0. The van der Waals surface area contributed by atoms with E-state index in [2.05, 4.69) is 6.58 Å². The summed E-state index contributed by atoms with van der Waals surface area (Å²) in [6, 6.07) is 2.84. The van der Waals surface area contributed by atoms with Crippen molar-refractivity contribution in [3.8, 4) is 23.0 Å². The minimum Gasteiger partial charge on any atom is -0.507 e. The molecule has 0 bridgehead atoms. The van der Waals surface area contributed by atoms with Crippen molar-refractivity contribution < 1.29 is 24.5 Å². The Morgan fingerprint density at radius 2 is 1.79 bits per heavy atom. The van der Waals surface area contributed by atoms with Crippen LogP contribution in [0.1, 0.15) is 38.8 Å². The van der Waals surface area contributed by atoms with Crippen LogP contribution in [0.5, 0.6) is 23.0 Å². The molecule has 29 heavy (non-hydrogen) atoms. The van der Waals surface area contributed by atoms with Crippen LogP contribution in [0.2, 0.25) is 0 Å². The van der Waals surface area contributed by atoms with Crippen LogP contribution < -0.4 is 10.2 Å². The van der Waals surface area contributed by atoms with E-state index in [1.807, 2.05) is 13.8 Å². The molecule has 3 aromatic rings. The number of phenolic OH excluding ortho intramolecular Hbond substituents is 3. The van der Waals surface area contributed by atoms with Crippen LogP contribution in [0.3, 0.4) is 0 Å². The molecule has 2 aromatic carbocycles. The molecule has 150 valence electrons. The second-order valence-corrected chi connectivity index (χ2v) is 8.38. The van der Waals surface area contributed by atoms with Gasteiger partial charge >= 0.3 is 0 Å². The largest absolute Gasteiger partial charge is 0.507 e. The summed E-state index contributed by atoms with van der Waals surface area (Å²) in [5.41, 5.74) is -1.45. The Hall–Kier alpha value is -3.41. The van der Waals surface area contributed by atoms with Gasteiger partial charge in [0.25, 0.3) is 0 Å². The highest BCUT2D eigenvalue weighted by Crippen LogP contribution is 2.49. The molecule has 2 heterocycles. The van der Waals surface area contributed by atoms with Crippen molar-refractivity contribution in [2.24, 2.45) is 0 Å². The Morgan fingerprint density at radius 1 is 1.10 bits per heavy atom. The van der Waals surface area contributed by atoms with Gasteiger partial charge < -0.3 is 24.5 Å². The van der Waals surface area contributed by atoms with E-state index in [9.17, 15) is 20.1 Å². The zero-order valence-corrected chi connectivity index (χ0v) is 16.7. The normalized spacial score (nSPS) is 15.3. The standard InChI is InChI=1S/C23H22O6/c1-6-22(2,3)15-13(24)8-7-11-16(25)14-17(26)12-9-10-23(4,5)29-20(12)18(27)21(14)28-19(11)15/h6-10,24,26-27H,1H2,2-5H3. The molecule has 0 amide bonds. The summed E-state index contributed by atoms with van der Waals surface area (Å²) in [7, 11) is 0. The Morgan fingerprint density at radius 3 is 2.45 bits per heavy atom. The molecule has 6 heteroatoms. The maximum absolute atomic E-state index is 13.2. The van der Waals surface area contributed by atoms with Crippen LogP contribution in [0, 0.1) is 0 Å². The summed E-state index contributed by atoms with van der Waals surface area (Å²) in [5.74, 6) is -0.732. The van der Waals surface area contributed by atoms with E-state index in [4.69, 9.17) is 9.15 Å². The molecule has 0 atom stereocenters. The smallest absolute Gasteiger partial charge is 0.204 e. The summed E-state index contributed by atoms with van der Waals surface area (Å²) in [6.45, 7) is 11.0. The fraction of sp³-hybridized carbons (Fsp3) is 0.261. The molecule has 3 N–H and O–H groups in total. The van der Waals surface area contributed by atoms with Gasteiger partial charge in [-0.1, -0.05) is 19.9 Å². The van der Waals surface area contributed by atoms with Gasteiger partial charge in [-0.15, -0.1) is 6.58 Å². The molecule has 4 rings (SSSR count). The molecule has 0 fully saturated rings. The van der Waals surface area contributed by atoms with Crippen molar-refractivity contribution in [3.05, 3.63) is 52.2 Å². The highest BCUT2D eigenvalue weighted by Gasteiger charge is 2.32. The third-order valence-electron chi connectivity index (χ3n) is 5.38. The van der Waals surface area contributed by atoms with Gasteiger partial charge in [-0.2, -0.15) is 0 Å². The molecular weight excluding hydrogens is 372 g/mol. The van der Waals surface area contributed by atoms with Crippen molar-refractivity contribution in [1.82, 2.24) is 0 Å². The van der Waals surface area contributed by atoms with E-state index >= 15 is 0 Å². The molecule has 0 radical (unpaired) electrons. The molecule has 1 aliphatic rings. The van der Waals surface area contributed by atoms with Crippen LogP contribution in [0.25, 0.3) is 28.0 Å². The minimum absolute atomic E-state index is 0.0367. The fourth-order valence-corrected chi connectivity index (χ4v) is 3.67. The Balaban J connectivity index is 2.23. The van der Waals surface area contributed by atoms with Gasteiger partial charge in [-0.3, -0.25) is 4.79 Å². The summed E-state index contributed by atoms with van der Waals surface area (Å²) in [6.07, 6.45) is 4.97. The summed E-state index contributed by atoms with van der Waals surface area (Å²) < 4.78 is 11.8. The number of phenols is 3. The average Bonchev–Trinajstić information content (AvgIpc) is 2.64. The van der Waals surface area contributed by atoms with E-state index in [1.54, 1.807) is 32.1 Å². The molecule has 1 aliphatic heterocycles. The van der Waals surface area contributed by atoms with Crippen molar-refractivity contribution in [3.63, 3.8) is 0 Å². The maximum atomic E-state index is 13.2.